The predicted octanol–water partition coefficient (Wildman–Crippen LogP) is 3.01. The molecule has 1 saturated carbocycles. The number of nitrogens with zero attached hydrogens (tertiary/aromatic N) is 2. The van der Waals surface area contributed by atoms with Crippen LogP contribution >= 0.6 is 0 Å². The zero-order chi connectivity index (χ0) is 21.0. The highest BCUT2D eigenvalue weighted by Gasteiger charge is 2.49. The van der Waals surface area contributed by atoms with Crippen molar-refractivity contribution in [2.24, 2.45) is 0 Å². The molecule has 0 radical (unpaired) electrons. The highest BCUT2D eigenvalue weighted by molar-refractivity contribution is 5.67. The maximum atomic E-state index is 12.2. The smallest absolute Gasteiger partial charge is 0.407 e. The minimum atomic E-state index is -0.467. The first-order chi connectivity index (χ1) is 15.3. The van der Waals surface area contributed by atoms with E-state index in [1.165, 1.54) is 25.7 Å². The minimum absolute atomic E-state index is 0.0789. The molecule has 4 atom stereocenters. The van der Waals surface area contributed by atoms with E-state index < -0.39 is 12.2 Å². The van der Waals surface area contributed by atoms with Crippen molar-refractivity contribution in [3.05, 3.63) is 53.9 Å². The molecule has 3 heterocycles. The first-order valence-corrected chi connectivity index (χ1v) is 11.1. The van der Waals surface area contributed by atoms with Gasteiger partial charge in [-0.3, -0.25) is 0 Å². The summed E-state index contributed by atoms with van der Waals surface area (Å²) in [6, 6.07) is 11.7. The third-order valence-corrected chi connectivity index (χ3v) is 6.31. The van der Waals surface area contributed by atoms with Crippen LogP contribution in [0.4, 0.5) is 10.7 Å². The number of hydrogen-bond donors (Lipinski definition) is 2. The number of carbonyl (C=O) groups is 1. The molecule has 1 aromatic carbocycles. The molecule has 164 valence electrons. The highest BCUT2D eigenvalue weighted by atomic mass is 16.6. The molecular formula is C23H28N4O4. The number of rotatable bonds is 6. The normalized spacial score (nSPS) is 27.7. The van der Waals surface area contributed by atoms with E-state index in [4.69, 9.17) is 19.2 Å². The van der Waals surface area contributed by atoms with Crippen molar-refractivity contribution in [1.82, 2.24) is 15.3 Å². The van der Waals surface area contributed by atoms with Crippen LogP contribution in [0.15, 0.2) is 42.6 Å². The largest absolute Gasteiger partial charge is 0.441 e. The number of nitrogens with one attached hydrogen (secondary N) is 2. The Balaban J connectivity index is 1.14. The molecule has 31 heavy (non-hydrogen) atoms. The van der Waals surface area contributed by atoms with Gasteiger partial charge in [-0.15, -0.1) is 0 Å². The number of benzene rings is 1. The van der Waals surface area contributed by atoms with E-state index in [2.05, 4.69) is 15.6 Å². The number of hydrogen-bond acceptors (Lipinski definition) is 7. The number of amides is 1. The van der Waals surface area contributed by atoms with Crippen molar-refractivity contribution < 1.29 is 19.0 Å². The van der Waals surface area contributed by atoms with Crippen LogP contribution < -0.4 is 10.6 Å². The van der Waals surface area contributed by atoms with Gasteiger partial charge >= 0.3 is 6.09 Å². The van der Waals surface area contributed by atoms with E-state index in [1.54, 1.807) is 0 Å². The summed E-state index contributed by atoms with van der Waals surface area (Å²) in [4.78, 5) is 21.3. The van der Waals surface area contributed by atoms with Gasteiger partial charge in [0.25, 0.3) is 0 Å². The lowest BCUT2D eigenvalue weighted by molar-refractivity contribution is 0.00431. The number of ether oxygens (including phenoxy) is 3. The molecular weight excluding hydrogens is 396 g/mol. The van der Waals surface area contributed by atoms with Gasteiger partial charge in [-0.2, -0.15) is 0 Å². The summed E-state index contributed by atoms with van der Waals surface area (Å²) >= 11 is 0. The first-order valence-electron chi connectivity index (χ1n) is 11.1. The summed E-state index contributed by atoms with van der Waals surface area (Å²) in [6.45, 7) is 1.19. The van der Waals surface area contributed by atoms with E-state index in [0.29, 0.717) is 31.6 Å². The Bertz CT molecular complexity index is 890. The summed E-state index contributed by atoms with van der Waals surface area (Å²) in [5, 5.41) is 6.15. The van der Waals surface area contributed by atoms with Crippen LogP contribution in [-0.4, -0.2) is 53.6 Å². The Morgan fingerprint density at radius 3 is 2.71 bits per heavy atom. The van der Waals surface area contributed by atoms with Crippen molar-refractivity contribution in [2.75, 3.05) is 18.5 Å². The standard InChI is InChI=1S/C23H28N4O4/c28-23(25-12-15-6-2-1-3-7-15)31-19-14-30-20-18(13-29-21(19)20)27-22-24-11-10-17(26-22)16-8-4-5-9-16/h1-3,6-7,10-11,16,18-21H,4-5,8-9,12-14H2,(H,25,28)(H,24,26,27)/t18-,19-,20-,21+/m0/s1. The second-order valence-corrected chi connectivity index (χ2v) is 8.42. The van der Waals surface area contributed by atoms with Gasteiger partial charge in [0.15, 0.2) is 6.10 Å². The van der Waals surface area contributed by atoms with Crippen molar-refractivity contribution in [3.8, 4) is 0 Å². The number of fused-ring (bicyclic) bond motifs is 1. The monoisotopic (exact) mass is 424 g/mol. The highest BCUT2D eigenvalue weighted by Crippen LogP contribution is 2.34. The number of alkyl carbamates (subject to hydrolysis) is 1. The van der Waals surface area contributed by atoms with Gasteiger partial charge in [0.2, 0.25) is 5.95 Å². The summed E-state index contributed by atoms with van der Waals surface area (Å²) in [7, 11) is 0. The molecule has 2 N–H and O–H groups in total. The van der Waals surface area contributed by atoms with E-state index >= 15 is 0 Å². The van der Waals surface area contributed by atoms with Crippen LogP contribution in [0.1, 0.15) is 42.9 Å². The zero-order valence-corrected chi connectivity index (χ0v) is 17.4. The molecule has 2 saturated heterocycles. The zero-order valence-electron chi connectivity index (χ0n) is 17.4. The van der Waals surface area contributed by atoms with Crippen LogP contribution in [0.3, 0.4) is 0 Å². The average Bonchev–Trinajstić information content (AvgIpc) is 3.54. The fourth-order valence-corrected chi connectivity index (χ4v) is 4.70. The Morgan fingerprint density at radius 2 is 1.87 bits per heavy atom. The molecule has 0 bridgehead atoms. The van der Waals surface area contributed by atoms with Crippen molar-refractivity contribution in [3.63, 3.8) is 0 Å². The van der Waals surface area contributed by atoms with Gasteiger partial charge < -0.3 is 24.8 Å². The number of aromatic nitrogens is 2. The fraction of sp³-hybridized carbons (Fsp3) is 0.522. The van der Waals surface area contributed by atoms with E-state index in [0.717, 1.165) is 11.3 Å². The summed E-state index contributed by atoms with van der Waals surface area (Å²) < 4.78 is 17.4. The van der Waals surface area contributed by atoms with E-state index in [-0.39, 0.29) is 18.2 Å². The first kappa shape index (κ1) is 20.2. The Morgan fingerprint density at radius 1 is 1.06 bits per heavy atom. The number of carbonyl (C=O) groups excluding carboxylic acids is 1. The molecule has 5 rings (SSSR count). The van der Waals surface area contributed by atoms with Crippen LogP contribution in [0.5, 0.6) is 0 Å². The van der Waals surface area contributed by atoms with Gasteiger partial charge in [0.05, 0.1) is 19.3 Å². The Kier molecular flexibility index (Phi) is 5.99. The van der Waals surface area contributed by atoms with Crippen molar-refractivity contribution in [2.45, 2.75) is 62.5 Å². The molecule has 3 aliphatic rings. The molecule has 1 amide bonds. The quantitative estimate of drug-likeness (QED) is 0.736. The topological polar surface area (TPSA) is 94.6 Å². The SMILES string of the molecule is O=C(NCc1ccccc1)O[C@H]1CO[C@@H]2[C@@H]1OC[C@@H]2Nc1nccc(C2CCCC2)n1. The third kappa shape index (κ3) is 4.65. The molecule has 8 heteroatoms. The van der Waals surface area contributed by atoms with Gasteiger partial charge in [-0.1, -0.05) is 43.2 Å². The molecule has 0 spiro atoms. The molecule has 2 aromatic rings. The fourth-order valence-electron chi connectivity index (χ4n) is 4.70. The summed E-state index contributed by atoms with van der Waals surface area (Å²) in [5.74, 6) is 1.14. The van der Waals surface area contributed by atoms with E-state index in [1.807, 2.05) is 42.6 Å². The molecule has 1 aliphatic carbocycles. The molecule has 1 aromatic heterocycles. The third-order valence-electron chi connectivity index (χ3n) is 6.31. The number of anilines is 1. The van der Waals surface area contributed by atoms with Crippen LogP contribution in [0.25, 0.3) is 0 Å². The Hall–Kier alpha value is -2.71. The van der Waals surface area contributed by atoms with E-state index in [9.17, 15) is 4.79 Å². The van der Waals surface area contributed by atoms with Crippen LogP contribution in [0.2, 0.25) is 0 Å². The Labute approximate surface area is 181 Å². The maximum Gasteiger partial charge on any atom is 0.407 e. The van der Waals surface area contributed by atoms with Gasteiger partial charge in [0.1, 0.15) is 12.2 Å². The lowest BCUT2D eigenvalue weighted by Crippen LogP contribution is -2.39. The molecule has 2 aliphatic heterocycles. The predicted molar refractivity (Wildman–Crippen MR) is 114 cm³/mol. The van der Waals surface area contributed by atoms with Crippen molar-refractivity contribution in [1.29, 1.82) is 0 Å². The minimum Gasteiger partial charge on any atom is -0.441 e. The van der Waals surface area contributed by atoms with Gasteiger partial charge in [0, 0.05) is 24.4 Å². The van der Waals surface area contributed by atoms with Crippen LogP contribution in [-0.2, 0) is 20.8 Å². The summed E-state index contributed by atoms with van der Waals surface area (Å²) in [6.07, 6.45) is 5.35. The summed E-state index contributed by atoms with van der Waals surface area (Å²) in [5.41, 5.74) is 2.12. The molecule has 3 fully saturated rings. The van der Waals surface area contributed by atoms with Gasteiger partial charge in [-0.05, 0) is 24.5 Å². The average molecular weight is 425 g/mol. The molecule has 8 nitrogen and oxygen atoms in total. The second kappa shape index (κ2) is 9.20. The lowest BCUT2D eigenvalue weighted by atomic mass is 10.0. The maximum absolute atomic E-state index is 12.2. The van der Waals surface area contributed by atoms with Gasteiger partial charge in [-0.25, -0.2) is 14.8 Å². The van der Waals surface area contributed by atoms with Crippen LogP contribution in [0, 0.1) is 0 Å². The second-order valence-electron chi connectivity index (χ2n) is 8.42. The van der Waals surface area contributed by atoms with Crippen molar-refractivity contribution >= 4 is 12.0 Å². The molecule has 0 unspecified atom stereocenters. The lowest BCUT2D eigenvalue weighted by Gasteiger charge is -2.18.